The number of anilines is 1. The molecule has 0 fully saturated rings. The lowest BCUT2D eigenvalue weighted by atomic mass is 10.1. The molecule has 4 nitrogen and oxygen atoms in total. The van der Waals surface area contributed by atoms with Gasteiger partial charge in [-0.05, 0) is 29.8 Å². The number of benzene rings is 2. The molecule has 126 valence electrons. The molecule has 0 spiro atoms. The highest BCUT2D eigenvalue weighted by Gasteiger charge is 2.36. The zero-order chi connectivity index (χ0) is 17.1. The maximum atomic E-state index is 12.8. The number of para-hydroxylation sites is 1. The molecule has 24 heavy (non-hydrogen) atoms. The van der Waals surface area contributed by atoms with E-state index >= 15 is 0 Å². The molecule has 1 N–H and O–H groups in total. The van der Waals surface area contributed by atoms with Gasteiger partial charge in [-0.2, -0.15) is 0 Å². The van der Waals surface area contributed by atoms with Crippen molar-refractivity contribution in [2.75, 3.05) is 24.4 Å². The molecule has 0 unspecified atom stereocenters. The topological polar surface area (TPSA) is 49.8 Å². The summed E-state index contributed by atoms with van der Waals surface area (Å²) in [6.45, 7) is 0.365. The number of methoxy groups -OCH3 is 1. The number of amides is 1. The van der Waals surface area contributed by atoms with Gasteiger partial charge >= 0.3 is 0 Å². The molecule has 3 rings (SSSR count). The Morgan fingerprint density at radius 3 is 2.58 bits per heavy atom. The van der Waals surface area contributed by atoms with Gasteiger partial charge in [0.2, 0.25) is 0 Å². The second-order valence-corrected chi connectivity index (χ2v) is 6.96. The van der Waals surface area contributed by atoms with Crippen molar-refractivity contribution in [3.05, 3.63) is 54.1 Å². The fourth-order valence-corrected chi connectivity index (χ4v) is 4.19. The van der Waals surface area contributed by atoms with E-state index in [0.29, 0.717) is 12.4 Å². The molecule has 0 radical (unpaired) electrons. The summed E-state index contributed by atoms with van der Waals surface area (Å²) in [6.07, 6.45) is -1.14. The maximum absolute atomic E-state index is 12.8. The Kier molecular flexibility index (Phi) is 5.33. The summed E-state index contributed by atoms with van der Waals surface area (Å²) in [4.78, 5) is 15.3. The number of halogens is 1. The van der Waals surface area contributed by atoms with Crippen molar-refractivity contribution in [3.63, 3.8) is 0 Å². The molecule has 2 aromatic carbocycles. The lowest BCUT2D eigenvalue weighted by Gasteiger charge is -2.24. The van der Waals surface area contributed by atoms with Gasteiger partial charge in [-0.25, -0.2) is 0 Å². The third-order valence-corrected chi connectivity index (χ3v) is 5.52. The molecule has 1 aliphatic rings. The fraction of sp³-hybridized carbons (Fsp3) is 0.278. The quantitative estimate of drug-likeness (QED) is 0.845. The van der Waals surface area contributed by atoms with Crippen molar-refractivity contribution in [3.8, 4) is 5.75 Å². The second-order valence-electron chi connectivity index (χ2n) is 5.40. The third-order valence-electron chi connectivity index (χ3n) is 3.97. The number of carbonyl (C=O) groups excluding carboxylic acids is 1. The minimum absolute atomic E-state index is 0.310. The van der Waals surface area contributed by atoms with E-state index in [1.54, 1.807) is 12.0 Å². The van der Waals surface area contributed by atoms with E-state index in [2.05, 4.69) is 0 Å². The van der Waals surface area contributed by atoms with Gasteiger partial charge in [-0.1, -0.05) is 24.3 Å². The van der Waals surface area contributed by atoms with Gasteiger partial charge in [-0.15, -0.1) is 23.4 Å². The highest BCUT2D eigenvalue weighted by Crippen LogP contribution is 2.45. The summed E-state index contributed by atoms with van der Waals surface area (Å²) >= 11 is 7.35. The molecule has 1 aliphatic heterocycles. The Hall–Kier alpha value is -1.69. The lowest BCUT2D eigenvalue weighted by Crippen LogP contribution is -2.41. The first-order valence-electron chi connectivity index (χ1n) is 7.60. The summed E-state index contributed by atoms with van der Waals surface area (Å²) < 4.78 is 5.18. The maximum Gasteiger partial charge on any atom is 0.257 e. The van der Waals surface area contributed by atoms with E-state index < -0.39 is 6.10 Å². The lowest BCUT2D eigenvalue weighted by molar-refractivity contribution is -0.126. The Labute approximate surface area is 150 Å². The van der Waals surface area contributed by atoms with Crippen LogP contribution < -0.4 is 9.64 Å². The summed E-state index contributed by atoms with van der Waals surface area (Å²) in [5.74, 6) is 0.723. The Morgan fingerprint density at radius 1 is 1.21 bits per heavy atom. The van der Waals surface area contributed by atoms with E-state index in [0.717, 1.165) is 21.9 Å². The summed E-state index contributed by atoms with van der Waals surface area (Å²) in [5.41, 5.74) is 1.67. The van der Waals surface area contributed by atoms with Crippen molar-refractivity contribution in [2.45, 2.75) is 16.2 Å². The largest absolute Gasteiger partial charge is 0.497 e. The second kappa shape index (κ2) is 7.47. The van der Waals surface area contributed by atoms with Gasteiger partial charge < -0.3 is 14.7 Å². The van der Waals surface area contributed by atoms with Crippen LogP contribution in [0.4, 0.5) is 5.69 Å². The van der Waals surface area contributed by atoms with Crippen LogP contribution in [0.1, 0.15) is 10.8 Å². The van der Waals surface area contributed by atoms with Crippen LogP contribution in [0, 0.1) is 0 Å². The summed E-state index contributed by atoms with van der Waals surface area (Å²) in [6, 6.07) is 15.1. The van der Waals surface area contributed by atoms with E-state index in [9.17, 15) is 9.90 Å². The summed E-state index contributed by atoms with van der Waals surface area (Å²) in [7, 11) is 1.61. The van der Waals surface area contributed by atoms with E-state index in [-0.39, 0.29) is 11.2 Å². The number of carbonyl (C=O) groups is 1. The van der Waals surface area contributed by atoms with E-state index in [1.807, 2.05) is 48.5 Å². The van der Waals surface area contributed by atoms with E-state index in [4.69, 9.17) is 16.3 Å². The zero-order valence-electron chi connectivity index (χ0n) is 13.2. The van der Waals surface area contributed by atoms with Gasteiger partial charge in [0.15, 0.2) is 0 Å². The SMILES string of the molecule is COc1ccc([C@H]2Sc3ccccc3N(CCCl)C(=O)[C@H]2O)cc1. The minimum Gasteiger partial charge on any atom is -0.497 e. The van der Waals surface area contributed by atoms with Crippen LogP contribution in [0.5, 0.6) is 5.75 Å². The average molecular weight is 364 g/mol. The van der Waals surface area contributed by atoms with Crippen LogP contribution in [0.25, 0.3) is 0 Å². The highest BCUT2D eigenvalue weighted by molar-refractivity contribution is 7.99. The van der Waals surface area contributed by atoms with Crippen molar-refractivity contribution < 1.29 is 14.6 Å². The van der Waals surface area contributed by atoms with Crippen LogP contribution in [0.3, 0.4) is 0 Å². The number of rotatable bonds is 4. The number of fused-ring (bicyclic) bond motifs is 1. The fourth-order valence-electron chi connectivity index (χ4n) is 2.75. The molecule has 1 heterocycles. The standard InChI is InChI=1S/C18H18ClNO3S/c1-23-13-8-6-12(7-9-13)17-16(21)18(22)20(11-10-19)14-4-2-3-5-15(14)24-17/h2-9,16-17,21H,10-11H2,1H3/t16-,17+/m0/s1. The predicted octanol–water partition coefficient (Wildman–Crippen LogP) is 3.47. The number of nitrogens with zero attached hydrogens (tertiary/aromatic N) is 1. The van der Waals surface area contributed by atoms with Crippen molar-refractivity contribution >= 4 is 35.0 Å². The number of ether oxygens (including phenoxy) is 1. The minimum atomic E-state index is -1.14. The average Bonchev–Trinajstić information content (AvgIpc) is 2.73. The zero-order valence-corrected chi connectivity index (χ0v) is 14.8. The summed E-state index contributed by atoms with van der Waals surface area (Å²) in [5, 5.41) is 10.3. The Balaban J connectivity index is 2.02. The molecule has 0 saturated heterocycles. The van der Waals surface area contributed by atoms with E-state index in [1.165, 1.54) is 11.8 Å². The molecule has 0 bridgehead atoms. The van der Waals surface area contributed by atoms with Crippen LogP contribution in [-0.2, 0) is 4.79 Å². The Morgan fingerprint density at radius 2 is 1.92 bits per heavy atom. The smallest absolute Gasteiger partial charge is 0.257 e. The third kappa shape index (κ3) is 3.24. The molecule has 2 aromatic rings. The normalized spacial score (nSPS) is 20.5. The number of alkyl halides is 1. The number of aliphatic hydroxyl groups is 1. The van der Waals surface area contributed by atoms with Gasteiger partial charge in [0, 0.05) is 17.3 Å². The molecule has 2 atom stereocenters. The number of aliphatic hydroxyl groups excluding tert-OH is 1. The van der Waals surface area contributed by atoms with Crippen molar-refractivity contribution in [1.82, 2.24) is 0 Å². The van der Waals surface area contributed by atoms with Crippen LogP contribution in [-0.4, -0.2) is 36.7 Å². The molecule has 0 aromatic heterocycles. The first-order chi connectivity index (χ1) is 11.7. The number of hydrogen-bond acceptors (Lipinski definition) is 4. The van der Waals surface area contributed by atoms with Gasteiger partial charge in [0.1, 0.15) is 11.9 Å². The molecular weight excluding hydrogens is 346 g/mol. The number of hydrogen-bond donors (Lipinski definition) is 1. The van der Waals surface area contributed by atoms with Gasteiger partial charge in [-0.3, -0.25) is 4.79 Å². The first kappa shape index (κ1) is 17.1. The van der Waals surface area contributed by atoms with Crippen LogP contribution in [0.15, 0.2) is 53.4 Å². The monoisotopic (exact) mass is 363 g/mol. The molecule has 1 amide bonds. The molecular formula is C18H18ClNO3S. The van der Waals surface area contributed by atoms with Gasteiger partial charge in [0.05, 0.1) is 18.0 Å². The van der Waals surface area contributed by atoms with Crippen LogP contribution >= 0.6 is 23.4 Å². The Bertz CT molecular complexity index is 722. The molecule has 0 saturated carbocycles. The molecule has 6 heteroatoms. The first-order valence-corrected chi connectivity index (χ1v) is 9.02. The van der Waals surface area contributed by atoms with Crippen LogP contribution in [0.2, 0.25) is 0 Å². The number of thioether (sulfide) groups is 1. The predicted molar refractivity (Wildman–Crippen MR) is 97.1 cm³/mol. The van der Waals surface area contributed by atoms with Crippen molar-refractivity contribution in [1.29, 1.82) is 0 Å². The van der Waals surface area contributed by atoms with Gasteiger partial charge in [0.25, 0.3) is 5.91 Å². The van der Waals surface area contributed by atoms with Crippen molar-refractivity contribution in [2.24, 2.45) is 0 Å². The highest BCUT2D eigenvalue weighted by atomic mass is 35.5. The molecule has 0 aliphatic carbocycles.